The largest absolute Gasteiger partial charge is 0.489 e. The number of aromatic carboxylic acids is 1. The van der Waals surface area contributed by atoms with Crippen molar-refractivity contribution in [2.24, 2.45) is 0 Å². The number of rotatable bonds is 4. The van der Waals surface area contributed by atoms with Gasteiger partial charge in [0.25, 0.3) is 0 Å². The molecule has 0 radical (unpaired) electrons. The first-order chi connectivity index (χ1) is 8.66. The number of hydrogen-bond acceptors (Lipinski definition) is 2. The molecule has 1 N–H and O–H groups in total. The molecule has 2 aromatic carbocycles. The molecule has 0 heterocycles. The first-order valence-corrected chi connectivity index (χ1v) is 5.67. The van der Waals surface area contributed by atoms with Crippen molar-refractivity contribution in [3.8, 4) is 5.75 Å². The lowest BCUT2D eigenvalue weighted by atomic mass is 10.1. The van der Waals surface area contributed by atoms with Crippen molar-refractivity contribution in [1.29, 1.82) is 0 Å². The number of aryl methyl sites for hydroxylation is 1. The minimum absolute atomic E-state index is 0.323. The Bertz CT molecular complexity index is 547. The van der Waals surface area contributed by atoms with Crippen molar-refractivity contribution in [3.05, 3.63) is 65.2 Å². The van der Waals surface area contributed by atoms with Gasteiger partial charge >= 0.3 is 5.97 Å². The first-order valence-electron chi connectivity index (χ1n) is 5.67. The molecule has 0 amide bonds. The highest BCUT2D eigenvalue weighted by molar-refractivity contribution is 5.89. The molecule has 0 aliphatic heterocycles. The second kappa shape index (κ2) is 5.36. The van der Waals surface area contributed by atoms with Gasteiger partial charge in [-0.2, -0.15) is 0 Å². The van der Waals surface area contributed by atoms with Crippen molar-refractivity contribution < 1.29 is 14.6 Å². The van der Waals surface area contributed by atoms with E-state index in [2.05, 4.69) is 0 Å². The van der Waals surface area contributed by atoms with Gasteiger partial charge in [-0.05, 0) is 36.2 Å². The van der Waals surface area contributed by atoms with Gasteiger partial charge < -0.3 is 9.84 Å². The number of carbonyl (C=O) groups is 1. The smallest absolute Gasteiger partial charge is 0.335 e. The molecule has 0 atom stereocenters. The van der Waals surface area contributed by atoms with Crippen LogP contribution < -0.4 is 4.74 Å². The Kier molecular flexibility index (Phi) is 3.63. The van der Waals surface area contributed by atoms with E-state index in [0.29, 0.717) is 12.2 Å². The van der Waals surface area contributed by atoms with Crippen LogP contribution in [0.2, 0.25) is 0 Å². The van der Waals surface area contributed by atoms with E-state index in [1.54, 1.807) is 19.1 Å². The van der Waals surface area contributed by atoms with E-state index in [1.807, 2.05) is 36.4 Å². The van der Waals surface area contributed by atoms with Gasteiger partial charge in [0.05, 0.1) is 5.56 Å². The highest BCUT2D eigenvalue weighted by atomic mass is 16.5. The summed E-state index contributed by atoms with van der Waals surface area (Å²) in [6.07, 6.45) is 0. The van der Waals surface area contributed by atoms with Crippen LogP contribution in [-0.4, -0.2) is 11.1 Å². The van der Waals surface area contributed by atoms with E-state index in [-0.39, 0.29) is 0 Å². The Morgan fingerprint density at radius 2 is 1.89 bits per heavy atom. The van der Waals surface area contributed by atoms with Crippen LogP contribution in [0.5, 0.6) is 5.75 Å². The molecule has 0 saturated heterocycles. The number of ether oxygens (including phenoxy) is 1. The fourth-order valence-electron chi connectivity index (χ4n) is 1.67. The van der Waals surface area contributed by atoms with Gasteiger partial charge in [0.15, 0.2) is 0 Å². The lowest BCUT2D eigenvalue weighted by Crippen LogP contribution is -2.02. The molecule has 92 valence electrons. The molecular formula is C15H14O3. The monoisotopic (exact) mass is 242 g/mol. The number of hydrogen-bond donors (Lipinski definition) is 1. The Labute approximate surface area is 106 Å². The lowest BCUT2D eigenvalue weighted by molar-refractivity contribution is 0.0696. The summed E-state index contributed by atoms with van der Waals surface area (Å²) in [5.74, 6) is -0.135. The predicted octanol–water partition coefficient (Wildman–Crippen LogP) is 3.27. The second-order valence-electron chi connectivity index (χ2n) is 4.06. The number of carboxylic acids is 1. The Morgan fingerprint density at radius 3 is 2.56 bits per heavy atom. The zero-order valence-corrected chi connectivity index (χ0v) is 10.1. The molecule has 0 spiro atoms. The normalized spacial score (nSPS) is 10.1. The van der Waals surface area contributed by atoms with E-state index >= 15 is 0 Å². The summed E-state index contributed by atoms with van der Waals surface area (Å²) in [6.45, 7) is 2.15. The number of para-hydroxylation sites is 1. The SMILES string of the molecule is Cc1ccc(COc2ccccc2)cc1C(=O)O. The van der Waals surface area contributed by atoms with Crippen LogP contribution in [0.4, 0.5) is 0 Å². The Hall–Kier alpha value is -2.29. The fourth-order valence-corrected chi connectivity index (χ4v) is 1.67. The van der Waals surface area contributed by atoms with Crippen LogP contribution in [0.3, 0.4) is 0 Å². The van der Waals surface area contributed by atoms with Crippen LogP contribution in [0.15, 0.2) is 48.5 Å². The van der Waals surface area contributed by atoms with Gasteiger partial charge in [-0.15, -0.1) is 0 Å². The molecule has 0 aliphatic rings. The molecule has 0 unspecified atom stereocenters. The maximum absolute atomic E-state index is 11.0. The van der Waals surface area contributed by atoms with Crippen LogP contribution >= 0.6 is 0 Å². The minimum Gasteiger partial charge on any atom is -0.489 e. The summed E-state index contributed by atoms with van der Waals surface area (Å²) in [4.78, 5) is 11.0. The van der Waals surface area contributed by atoms with E-state index in [4.69, 9.17) is 9.84 Å². The summed E-state index contributed by atoms with van der Waals surface area (Å²) < 4.78 is 5.57. The molecule has 0 fully saturated rings. The van der Waals surface area contributed by atoms with Gasteiger partial charge in [-0.1, -0.05) is 30.3 Å². The Balaban J connectivity index is 2.11. The second-order valence-corrected chi connectivity index (χ2v) is 4.06. The van der Waals surface area contributed by atoms with Gasteiger partial charge in [0.2, 0.25) is 0 Å². The van der Waals surface area contributed by atoms with Crippen molar-refractivity contribution in [3.63, 3.8) is 0 Å². The van der Waals surface area contributed by atoms with Gasteiger partial charge in [0, 0.05) is 0 Å². The standard InChI is InChI=1S/C15H14O3/c1-11-7-8-12(9-14(11)15(16)17)10-18-13-5-3-2-4-6-13/h2-9H,10H2,1H3,(H,16,17). The van der Waals surface area contributed by atoms with Gasteiger partial charge in [-0.3, -0.25) is 0 Å². The maximum atomic E-state index is 11.0. The molecule has 3 nitrogen and oxygen atoms in total. The van der Waals surface area contributed by atoms with Gasteiger partial charge in [0.1, 0.15) is 12.4 Å². The molecule has 18 heavy (non-hydrogen) atoms. The zero-order valence-electron chi connectivity index (χ0n) is 10.1. The van der Waals surface area contributed by atoms with Crippen molar-refractivity contribution in [2.75, 3.05) is 0 Å². The average Bonchev–Trinajstić information content (AvgIpc) is 2.38. The molecule has 2 rings (SSSR count). The maximum Gasteiger partial charge on any atom is 0.335 e. The summed E-state index contributed by atoms with van der Waals surface area (Å²) >= 11 is 0. The quantitative estimate of drug-likeness (QED) is 0.895. The summed E-state index contributed by atoms with van der Waals surface area (Å²) in [5, 5.41) is 9.03. The van der Waals surface area contributed by atoms with Crippen molar-refractivity contribution in [2.45, 2.75) is 13.5 Å². The summed E-state index contributed by atoms with van der Waals surface area (Å²) in [7, 11) is 0. The average molecular weight is 242 g/mol. The molecule has 3 heteroatoms. The number of carboxylic acid groups (broad SMARTS) is 1. The lowest BCUT2D eigenvalue weighted by Gasteiger charge is -2.08. The first kappa shape index (κ1) is 12.2. The minimum atomic E-state index is -0.908. The molecule has 0 aromatic heterocycles. The fraction of sp³-hybridized carbons (Fsp3) is 0.133. The summed E-state index contributed by atoms with van der Waals surface area (Å²) in [5.41, 5.74) is 1.93. The topological polar surface area (TPSA) is 46.5 Å². The molecule has 0 saturated carbocycles. The zero-order chi connectivity index (χ0) is 13.0. The van der Waals surface area contributed by atoms with E-state index in [9.17, 15) is 4.79 Å². The highest BCUT2D eigenvalue weighted by Crippen LogP contribution is 2.15. The third kappa shape index (κ3) is 2.88. The molecule has 2 aromatic rings. The van der Waals surface area contributed by atoms with Crippen molar-refractivity contribution in [1.82, 2.24) is 0 Å². The third-order valence-corrected chi connectivity index (χ3v) is 2.68. The molecular weight excluding hydrogens is 228 g/mol. The Morgan fingerprint density at radius 1 is 1.17 bits per heavy atom. The third-order valence-electron chi connectivity index (χ3n) is 2.68. The molecule has 0 aliphatic carbocycles. The summed E-state index contributed by atoms with van der Waals surface area (Å²) in [6, 6.07) is 14.8. The van der Waals surface area contributed by atoms with Crippen LogP contribution in [0.1, 0.15) is 21.5 Å². The van der Waals surface area contributed by atoms with E-state index in [1.165, 1.54) is 0 Å². The predicted molar refractivity (Wildman–Crippen MR) is 68.9 cm³/mol. The highest BCUT2D eigenvalue weighted by Gasteiger charge is 2.07. The van der Waals surface area contributed by atoms with Crippen LogP contribution in [0.25, 0.3) is 0 Å². The van der Waals surface area contributed by atoms with Crippen LogP contribution in [0, 0.1) is 6.92 Å². The van der Waals surface area contributed by atoms with Crippen LogP contribution in [-0.2, 0) is 6.61 Å². The van der Waals surface area contributed by atoms with E-state index < -0.39 is 5.97 Å². The molecule has 0 bridgehead atoms. The van der Waals surface area contributed by atoms with Crippen molar-refractivity contribution >= 4 is 5.97 Å². The van der Waals surface area contributed by atoms with Gasteiger partial charge in [-0.25, -0.2) is 4.79 Å². The number of benzene rings is 2. The van der Waals surface area contributed by atoms with E-state index in [0.717, 1.165) is 16.9 Å².